The SMILES string of the molecule is Cl.NCCNC(=O)C1CCCN(CCC(=O)Nc2cccc(F)c2)C1. The summed E-state index contributed by atoms with van der Waals surface area (Å²) in [5.41, 5.74) is 5.85. The normalized spacial score (nSPS) is 17.4. The van der Waals surface area contributed by atoms with Crippen LogP contribution in [0.5, 0.6) is 0 Å². The van der Waals surface area contributed by atoms with Gasteiger partial charge in [-0.15, -0.1) is 12.4 Å². The van der Waals surface area contributed by atoms with Gasteiger partial charge in [-0.1, -0.05) is 6.07 Å². The van der Waals surface area contributed by atoms with Crippen LogP contribution >= 0.6 is 12.4 Å². The summed E-state index contributed by atoms with van der Waals surface area (Å²) in [6.45, 7) is 3.05. The first-order chi connectivity index (χ1) is 11.6. The van der Waals surface area contributed by atoms with Crippen molar-refractivity contribution in [3.05, 3.63) is 30.1 Å². The average molecular weight is 373 g/mol. The molecule has 8 heteroatoms. The van der Waals surface area contributed by atoms with Crippen LogP contribution in [0.15, 0.2) is 24.3 Å². The molecule has 0 aromatic heterocycles. The van der Waals surface area contributed by atoms with Crippen LogP contribution < -0.4 is 16.4 Å². The maximum atomic E-state index is 13.1. The van der Waals surface area contributed by atoms with Crippen LogP contribution in [-0.4, -0.2) is 49.4 Å². The third kappa shape index (κ3) is 7.37. The minimum absolute atomic E-state index is 0. The summed E-state index contributed by atoms with van der Waals surface area (Å²) >= 11 is 0. The molecular weight excluding hydrogens is 347 g/mol. The Labute approximate surface area is 153 Å². The number of hydrogen-bond donors (Lipinski definition) is 3. The summed E-state index contributed by atoms with van der Waals surface area (Å²) in [5, 5.41) is 5.51. The molecule has 1 aromatic carbocycles. The molecule has 1 aliphatic rings. The fourth-order valence-corrected chi connectivity index (χ4v) is 2.86. The molecule has 1 atom stereocenters. The lowest BCUT2D eigenvalue weighted by Crippen LogP contribution is -2.44. The van der Waals surface area contributed by atoms with Gasteiger partial charge in [-0.3, -0.25) is 9.59 Å². The Kier molecular flexibility index (Phi) is 9.41. The Morgan fingerprint density at radius 3 is 2.88 bits per heavy atom. The summed E-state index contributed by atoms with van der Waals surface area (Å²) in [5.74, 6) is -0.545. The average Bonchev–Trinajstić information content (AvgIpc) is 2.58. The highest BCUT2D eigenvalue weighted by Gasteiger charge is 2.25. The minimum atomic E-state index is -0.379. The van der Waals surface area contributed by atoms with Crippen molar-refractivity contribution >= 4 is 29.9 Å². The molecule has 0 spiro atoms. The third-order valence-electron chi connectivity index (χ3n) is 4.08. The first-order valence-electron chi connectivity index (χ1n) is 8.34. The molecule has 25 heavy (non-hydrogen) atoms. The van der Waals surface area contributed by atoms with Crippen molar-refractivity contribution in [2.45, 2.75) is 19.3 Å². The van der Waals surface area contributed by atoms with E-state index in [2.05, 4.69) is 15.5 Å². The smallest absolute Gasteiger partial charge is 0.225 e. The highest BCUT2D eigenvalue weighted by atomic mass is 35.5. The molecule has 2 amide bonds. The molecule has 1 aromatic rings. The molecule has 1 unspecified atom stereocenters. The second-order valence-electron chi connectivity index (χ2n) is 6.03. The molecule has 1 saturated heterocycles. The Bertz CT molecular complexity index is 573. The van der Waals surface area contributed by atoms with E-state index in [1.807, 2.05) is 0 Å². The number of carbonyl (C=O) groups excluding carboxylic acids is 2. The number of rotatable bonds is 7. The van der Waals surface area contributed by atoms with Gasteiger partial charge in [0.25, 0.3) is 0 Å². The minimum Gasteiger partial charge on any atom is -0.355 e. The molecule has 6 nitrogen and oxygen atoms in total. The molecule has 0 bridgehead atoms. The summed E-state index contributed by atoms with van der Waals surface area (Å²) in [4.78, 5) is 26.1. The van der Waals surface area contributed by atoms with Crippen LogP contribution in [0.2, 0.25) is 0 Å². The number of amides is 2. The first kappa shape index (κ1) is 21.3. The number of nitrogens with two attached hydrogens (primary N) is 1. The summed E-state index contributed by atoms with van der Waals surface area (Å²) in [6.07, 6.45) is 2.11. The monoisotopic (exact) mass is 372 g/mol. The van der Waals surface area contributed by atoms with Gasteiger partial charge in [-0.05, 0) is 37.6 Å². The molecule has 2 rings (SSSR count). The number of likely N-dealkylation sites (tertiary alicyclic amines) is 1. The molecule has 0 aliphatic carbocycles. The van der Waals surface area contributed by atoms with Crippen molar-refractivity contribution in [1.82, 2.24) is 10.2 Å². The van der Waals surface area contributed by atoms with Crippen molar-refractivity contribution < 1.29 is 14.0 Å². The van der Waals surface area contributed by atoms with E-state index in [0.29, 0.717) is 38.3 Å². The quantitative estimate of drug-likeness (QED) is 0.674. The predicted molar refractivity (Wildman–Crippen MR) is 98.1 cm³/mol. The van der Waals surface area contributed by atoms with Crippen LogP contribution in [0.4, 0.5) is 10.1 Å². The van der Waals surface area contributed by atoms with Crippen molar-refractivity contribution in [3.8, 4) is 0 Å². The van der Waals surface area contributed by atoms with E-state index < -0.39 is 0 Å². The first-order valence-corrected chi connectivity index (χ1v) is 8.34. The van der Waals surface area contributed by atoms with E-state index in [1.165, 1.54) is 12.1 Å². The Morgan fingerprint density at radius 2 is 2.16 bits per heavy atom. The highest BCUT2D eigenvalue weighted by molar-refractivity contribution is 5.90. The lowest BCUT2D eigenvalue weighted by atomic mass is 9.97. The molecule has 1 aliphatic heterocycles. The van der Waals surface area contributed by atoms with Crippen molar-refractivity contribution in [2.75, 3.05) is 38.0 Å². The van der Waals surface area contributed by atoms with Crippen molar-refractivity contribution in [1.29, 1.82) is 0 Å². The number of halogens is 2. The van der Waals surface area contributed by atoms with E-state index in [0.717, 1.165) is 19.4 Å². The van der Waals surface area contributed by atoms with Gasteiger partial charge in [0.05, 0.1) is 5.92 Å². The van der Waals surface area contributed by atoms with Gasteiger partial charge < -0.3 is 21.3 Å². The molecular formula is C17H26ClFN4O2. The number of carbonyl (C=O) groups is 2. The van der Waals surface area contributed by atoms with E-state index >= 15 is 0 Å². The van der Waals surface area contributed by atoms with Gasteiger partial charge >= 0.3 is 0 Å². The highest BCUT2D eigenvalue weighted by Crippen LogP contribution is 2.17. The zero-order chi connectivity index (χ0) is 17.4. The number of piperidine rings is 1. The lowest BCUT2D eigenvalue weighted by Gasteiger charge is -2.31. The van der Waals surface area contributed by atoms with Crippen LogP contribution in [0.3, 0.4) is 0 Å². The van der Waals surface area contributed by atoms with Crippen LogP contribution in [0.1, 0.15) is 19.3 Å². The second kappa shape index (κ2) is 11.0. The largest absolute Gasteiger partial charge is 0.355 e. The number of hydrogen-bond acceptors (Lipinski definition) is 4. The number of nitrogens with one attached hydrogen (secondary N) is 2. The zero-order valence-electron chi connectivity index (χ0n) is 14.2. The van der Waals surface area contributed by atoms with Gasteiger partial charge in [0, 0.05) is 38.3 Å². The second-order valence-corrected chi connectivity index (χ2v) is 6.03. The van der Waals surface area contributed by atoms with E-state index in [-0.39, 0.29) is 36.0 Å². The summed E-state index contributed by atoms with van der Waals surface area (Å²) < 4.78 is 13.1. The standard InChI is InChI=1S/C17H25FN4O2.ClH/c18-14-4-1-5-15(11-14)21-16(23)6-10-22-9-2-3-13(12-22)17(24)20-8-7-19;/h1,4-5,11,13H,2-3,6-10,12,19H2,(H,20,24)(H,21,23);1H. The molecule has 4 N–H and O–H groups in total. The van der Waals surface area contributed by atoms with Gasteiger partial charge in [0.1, 0.15) is 5.82 Å². The molecule has 0 saturated carbocycles. The van der Waals surface area contributed by atoms with E-state index in [4.69, 9.17) is 5.73 Å². The van der Waals surface area contributed by atoms with Gasteiger partial charge in [-0.25, -0.2) is 4.39 Å². The maximum Gasteiger partial charge on any atom is 0.225 e. The number of nitrogens with zero attached hydrogens (tertiary/aromatic N) is 1. The van der Waals surface area contributed by atoms with Gasteiger partial charge in [0.15, 0.2) is 0 Å². The Morgan fingerprint density at radius 1 is 1.36 bits per heavy atom. The predicted octanol–water partition coefficient (Wildman–Crippen LogP) is 1.36. The molecule has 1 fully saturated rings. The van der Waals surface area contributed by atoms with Gasteiger partial charge in [-0.2, -0.15) is 0 Å². The Balaban J connectivity index is 0.00000312. The molecule has 140 valence electrons. The zero-order valence-corrected chi connectivity index (χ0v) is 15.0. The van der Waals surface area contributed by atoms with Crippen LogP contribution in [-0.2, 0) is 9.59 Å². The van der Waals surface area contributed by atoms with Crippen LogP contribution in [0, 0.1) is 11.7 Å². The topological polar surface area (TPSA) is 87.5 Å². The number of benzene rings is 1. The molecule has 1 heterocycles. The fourth-order valence-electron chi connectivity index (χ4n) is 2.86. The van der Waals surface area contributed by atoms with E-state index in [9.17, 15) is 14.0 Å². The third-order valence-corrected chi connectivity index (χ3v) is 4.08. The van der Waals surface area contributed by atoms with E-state index in [1.54, 1.807) is 12.1 Å². The fraction of sp³-hybridized carbons (Fsp3) is 0.529. The van der Waals surface area contributed by atoms with Crippen molar-refractivity contribution in [2.24, 2.45) is 11.7 Å². The van der Waals surface area contributed by atoms with Crippen molar-refractivity contribution in [3.63, 3.8) is 0 Å². The Hall–Kier alpha value is -1.70. The molecule has 0 radical (unpaired) electrons. The maximum absolute atomic E-state index is 13.1. The van der Waals surface area contributed by atoms with Gasteiger partial charge in [0.2, 0.25) is 11.8 Å². The summed E-state index contributed by atoms with van der Waals surface area (Å²) in [7, 11) is 0. The van der Waals surface area contributed by atoms with Crippen LogP contribution in [0.25, 0.3) is 0 Å². The lowest BCUT2D eigenvalue weighted by molar-refractivity contribution is -0.126. The number of anilines is 1. The summed E-state index contributed by atoms with van der Waals surface area (Å²) in [6, 6.07) is 5.83.